The first-order chi connectivity index (χ1) is 9.93. The van der Waals surface area contributed by atoms with Crippen LogP contribution >= 0.6 is 0 Å². The Bertz CT molecular complexity index is 589. The fourth-order valence-electron chi connectivity index (χ4n) is 1.98. The van der Waals surface area contributed by atoms with Gasteiger partial charge in [-0.1, -0.05) is 0 Å². The van der Waals surface area contributed by atoms with Crippen molar-refractivity contribution in [2.75, 3.05) is 19.0 Å². The highest BCUT2D eigenvalue weighted by molar-refractivity contribution is 6.02. The third-order valence-electron chi connectivity index (χ3n) is 3.24. The number of hydrogen-bond donors (Lipinski definition) is 2. The Morgan fingerprint density at radius 1 is 1.38 bits per heavy atom. The van der Waals surface area contributed by atoms with Crippen molar-refractivity contribution in [3.63, 3.8) is 0 Å². The van der Waals surface area contributed by atoms with E-state index in [4.69, 9.17) is 0 Å². The van der Waals surface area contributed by atoms with E-state index in [-0.39, 0.29) is 24.1 Å². The minimum Gasteiger partial charge on any atom is -0.464 e. The average Bonchev–Trinajstić information content (AvgIpc) is 3.24. The molecular formula is C13H18N4O4. The fraction of sp³-hybridized carbons (Fsp3) is 0.538. The molecule has 0 radical (unpaired) electrons. The number of nitrogens with zero attached hydrogens (tertiary/aromatic N) is 2. The summed E-state index contributed by atoms with van der Waals surface area (Å²) in [4.78, 5) is 35.1. The number of ether oxygens (including phenoxy) is 1. The van der Waals surface area contributed by atoms with Gasteiger partial charge in [-0.15, -0.1) is 0 Å². The van der Waals surface area contributed by atoms with Gasteiger partial charge in [-0.25, -0.2) is 4.79 Å². The van der Waals surface area contributed by atoms with Gasteiger partial charge in [0.2, 0.25) is 11.8 Å². The third kappa shape index (κ3) is 3.39. The molecular weight excluding hydrogens is 276 g/mol. The molecule has 0 saturated heterocycles. The molecule has 2 rings (SSSR count). The number of amides is 2. The van der Waals surface area contributed by atoms with Crippen molar-refractivity contribution < 1.29 is 19.1 Å². The Morgan fingerprint density at radius 3 is 2.62 bits per heavy atom. The van der Waals surface area contributed by atoms with Gasteiger partial charge in [0.1, 0.15) is 0 Å². The molecule has 1 aromatic heterocycles. The number of aryl methyl sites for hydroxylation is 2. The SMILES string of the molecule is COC(=O)c1c(NC(=O)CNC(=O)C2CC2)c(C)nn1C. The fourth-order valence-corrected chi connectivity index (χ4v) is 1.98. The number of hydrogen-bond acceptors (Lipinski definition) is 5. The van der Waals surface area contributed by atoms with E-state index in [2.05, 4.69) is 20.5 Å². The Hall–Kier alpha value is -2.38. The van der Waals surface area contributed by atoms with Crippen molar-refractivity contribution in [2.24, 2.45) is 13.0 Å². The van der Waals surface area contributed by atoms with Gasteiger partial charge in [-0.3, -0.25) is 14.3 Å². The van der Waals surface area contributed by atoms with Crippen molar-refractivity contribution in [2.45, 2.75) is 19.8 Å². The second-order valence-corrected chi connectivity index (χ2v) is 4.96. The largest absolute Gasteiger partial charge is 0.464 e. The summed E-state index contributed by atoms with van der Waals surface area (Å²) in [6.45, 7) is 1.54. The molecule has 1 saturated carbocycles. The highest BCUT2D eigenvalue weighted by Crippen LogP contribution is 2.28. The number of carbonyl (C=O) groups is 3. The molecule has 0 unspecified atom stereocenters. The molecule has 114 valence electrons. The predicted octanol–water partition coefficient (Wildman–Crippen LogP) is -0.0202. The van der Waals surface area contributed by atoms with Crippen LogP contribution in [0.4, 0.5) is 5.69 Å². The van der Waals surface area contributed by atoms with Crippen molar-refractivity contribution in [3.05, 3.63) is 11.4 Å². The molecule has 2 amide bonds. The van der Waals surface area contributed by atoms with E-state index in [1.807, 2.05) is 0 Å². The molecule has 0 atom stereocenters. The number of methoxy groups -OCH3 is 1. The number of nitrogens with one attached hydrogen (secondary N) is 2. The van der Waals surface area contributed by atoms with E-state index in [0.717, 1.165) is 12.8 Å². The van der Waals surface area contributed by atoms with Crippen LogP contribution in [0.15, 0.2) is 0 Å². The summed E-state index contributed by atoms with van der Waals surface area (Å²) in [5, 5.41) is 9.23. The van der Waals surface area contributed by atoms with Gasteiger partial charge >= 0.3 is 5.97 Å². The zero-order valence-corrected chi connectivity index (χ0v) is 12.2. The van der Waals surface area contributed by atoms with E-state index in [1.165, 1.54) is 11.8 Å². The van der Waals surface area contributed by atoms with E-state index in [9.17, 15) is 14.4 Å². The third-order valence-corrected chi connectivity index (χ3v) is 3.24. The van der Waals surface area contributed by atoms with Crippen molar-refractivity contribution in [1.82, 2.24) is 15.1 Å². The normalized spacial score (nSPS) is 13.7. The van der Waals surface area contributed by atoms with Gasteiger partial charge in [0.15, 0.2) is 5.69 Å². The lowest BCUT2D eigenvalue weighted by Gasteiger charge is -2.08. The van der Waals surface area contributed by atoms with Gasteiger partial charge < -0.3 is 15.4 Å². The van der Waals surface area contributed by atoms with E-state index in [0.29, 0.717) is 11.4 Å². The van der Waals surface area contributed by atoms with Gasteiger partial charge in [0, 0.05) is 13.0 Å². The van der Waals surface area contributed by atoms with Crippen molar-refractivity contribution in [1.29, 1.82) is 0 Å². The van der Waals surface area contributed by atoms with Crippen LogP contribution < -0.4 is 10.6 Å². The summed E-state index contributed by atoms with van der Waals surface area (Å²) in [5.41, 5.74) is 0.964. The summed E-state index contributed by atoms with van der Waals surface area (Å²) in [6, 6.07) is 0. The molecule has 2 N–H and O–H groups in total. The molecule has 0 aliphatic heterocycles. The smallest absolute Gasteiger partial charge is 0.358 e. The van der Waals surface area contributed by atoms with Crippen LogP contribution in [0, 0.1) is 12.8 Å². The van der Waals surface area contributed by atoms with Crippen molar-refractivity contribution in [3.8, 4) is 0 Å². The van der Waals surface area contributed by atoms with E-state index in [1.54, 1.807) is 14.0 Å². The van der Waals surface area contributed by atoms with Crippen LogP contribution in [0.5, 0.6) is 0 Å². The molecule has 1 heterocycles. The molecule has 21 heavy (non-hydrogen) atoms. The highest BCUT2D eigenvalue weighted by atomic mass is 16.5. The van der Waals surface area contributed by atoms with E-state index >= 15 is 0 Å². The summed E-state index contributed by atoms with van der Waals surface area (Å²) in [6.07, 6.45) is 1.75. The lowest BCUT2D eigenvalue weighted by Crippen LogP contribution is -2.34. The van der Waals surface area contributed by atoms with Crippen LogP contribution in [0.1, 0.15) is 29.0 Å². The number of esters is 1. The van der Waals surface area contributed by atoms with Crippen LogP contribution in [-0.4, -0.2) is 41.2 Å². The first kappa shape index (κ1) is 15.0. The quantitative estimate of drug-likeness (QED) is 0.743. The maximum Gasteiger partial charge on any atom is 0.358 e. The number of aromatic nitrogens is 2. The zero-order chi connectivity index (χ0) is 15.6. The summed E-state index contributed by atoms with van der Waals surface area (Å²) >= 11 is 0. The number of carbonyl (C=O) groups excluding carboxylic acids is 3. The molecule has 8 nitrogen and oxygen atoms in total. The van der Waals surface area contributed by atoms with Crippen LogP contribution in [0.25, 0.3) is 0 Å². The second kappa shape index (κ2) is 5.94. The molecule has 0 aromatic carbocycles. The first-order valence-corrected chi connectivity index (χ1v) is 6.63. The lowest BCUT2D eigenvalue weighted by atomic mass is 10.3. The van der Waals surface area contributed by atoms with Gasteiger partial charge in [0.05, 0.1) is 25.0 Å². The minimum absolute atomic E-state index is 0.0450. The maximum absolute atomic E-state index is 11.9. The first-order valence-electron chi connectivity index (χ1n) is 6.63. The zero-order valence-electron chi connectivity index (χ0n) is 12.2. The summed E-state index contributed by atoms with van der Waals surface area (Å²) in [7, 11) is 2.84. The highest BCUT2D eigenvalue weighted by Gasteiger charge is 2.29. The molecule has 0 bridgehead atoms. The molecule has 1 fully saturated rings. The molecule has 1 aliphatic rings. The Balaban J connectivity index is 2.02. The topological polar surface area (TPSA) is 102 Å². The average molecular weight is 294 g/mol. The lowest BCUT2D eigenvalue weighted by molar-refractivity contribution is -0.125. The minimum atomic E-state index is -0.588. The van der Waals surface area contributed by atoms with Gasteiger partial charge in [-0.05, 0) is 19.8 Å². The van der Waals surface area contributed by atoms with Crippen LogP contribution in [0.3, 0.4) is 0 Å². The van der Waals surface area contributed by atoms with Gasteiger partial charge in [0.25, 0.3) is 0 Å². The second-order valence-electron chi connectivity index (χ2n) is 4.96. The monoisotopic (exact) mass is 294 g/mol. The summed E-state index contributed by atoms with van der Waals surface area (Å²) < 4.78 is 6.02. The van der Waals surface area contributed by atoms with E-state index < -0.39 is 11.9 Å². The molecule has 1 aromatic rings. The summed E-state index contributed by atoms with van der Waals surface area (Å²) in [5.74, 6) is -1.06. The Kier molecular flexibility index (Phi) is 4.25. The van der Waals surface area contributed by atoms with Gasteiger partial charge in [-0.2, -0.15) is 5.10 Å². The maximum atomic E-state index is 11.9. The van der Waals surface area contributed by atoms with Crippen LogP contribution in [0.2, 0.25) is 0 Å². The Morgan fingerprint density at radius 2 is 2.05 bits per heavy atom. The predicted molar refractivity (Wildman–Crippen MR) is 73.6 cm³/mol. The number of rotatable bonds is 5. The molecule has 1 aliphatic carbocycles. The Labute approximate surface area is 121 Å². The van der Waals surface area contributed by atoms with Crippen LogP contribution in [-0.2, 0) is 21.4 Å². The molecule has 0 spiro atoms. The molecule has 8 heteroatoms. The number of anilines is 1. The standard InChI is InChI=1S/C13H18N4O4/c1-7-10(11(13(20)21-3)17(2)16-7)15-9(18)6-14-12(19)8-4-5-8/h8H,4-6H2,1-3H3,(H,14,19)(H,15,18). The van der Waals surface area contributed by atoms with Crippen molar-refractivity contribution >= 4 is 23.5 Å².